The van der Waals surface area contributed by atoms with Gasteiger partial charge in [-0.15, -0.1) is 0 Å². The van der Waals surface area contributed by atoms with Gasteiger partial charge in [-0.3, -0.25) is 0 Å². The van der Waals surface area contributed by atoms with Gasteiger partial charge in [0.05, 0.1) is 25.2 Å². The van der Waals surface area contributed by atoms with Gasteiger partial charge < -0.3 is 20.7 Å². The Bertz CT molecular complexity index is 298. The Hall–Kier alpha value is -1.26. The highest BCUT2D eigenvalue weighted by atomic mass is 16.5. The van der Waals surface area contributed by atoms with E-state index >= 15 is 0 Å². The number of hydrogen-bond acceptors (Lipinski definition) is 4. The fourth-order valence-electron chi connectivity index (χ4n) is 1.27. The van der Waals surface area contributed by atoms with Crippen LogP contribution in [0.5, 0.6) is 5.75 Å². The van der Waals surface area contributed by atoms with Crippen molar-refractivity contribution < 1.29 is 14.9 Å². The maximum Gasteiger partial charge on any atom is 0.119 e. The molecule has 0 aromatic heterocycles. The minimum atomic E-state index is -0.568. The molecule has 0 heterocycles. The minimum absolute atomic E-state index is 0.0883. The van der Waals surface area contributed by atoms with Gasteiger partial charge >= 0.3 is 0 Å². The third kappa shape index (κ3) is 3.12. The number of ether oxygens (including phenoxy) is 1. The van der Waals surface area contributed by atoms with Crippen LogP contribution in [0, 0.1) is 5.41 Å². The zero-order valence-electron chi connectivity index (χ0n) is 9.52. The maximum atomic E-state index is 9.24. The molecule has 0 radical (unpaired) electrons. The molecule has 4 heteroatoms. The van der Waals surface area contributed by atoms with E-state index in [1.54, 1.807) is 24.3 Å². The zero-order chi connectivity index (χ0) is 12.0. The number of anilines is 1. The summed E-state index contributed by atoms with van der Waals surface area (Å²) in [6.45, 7) is 2.03. The number of aliphatic hydroxyl groups excluding tert-OH is 2. The van der Waals surface area contributed by atoms with E-state index in [0.29, 0.717) is 24.5 Å². The number of nitrogens with two attached hydrogens (primary N) is 1. The molecule has 0 aliphatic rings. The van der Waals surface area contributed by atoms with Crippen molar-refractivity contribution in [3.8, 4) is 5.75 Å². The van der Waals surface area contributed by atoms with Crippen molar-refractivity contribution in [3.63, 3.8) is 0 Å². The average Bonchev–Trinajstić information content (AvgIpc) is 2.34. The molecule has 0 fully saturated rings. The van der Waals surface area contributed by atoms with Gasteiger partial charge in [0, 0.05) is 5.69 Å². The van der Waals surface area contributed by atoms with Crippen molar-refractivity contribution in [1.29, 1.82) is 0 Å². The highest BCUT2D eigenvalue weighted by molar-refractivity contribution is 5.41. The molecule has 1 rings (SSSR count). The first-order valence-corrected chi connectivity index (χ1v) is 5.36. The van der Waals surface area contributed by atoms with Crippen LogP contribution in [0.1, 0.15) is 13.3 Å². The standard InChI is InChI=1S/C12H19NO3/c1-2-12(7-14,8-15)9-16-11-5-3-10(13)4-6-11/h3-6,14-15H,2,7-9,13H2,1H3. The van der Waals surface area contributed by atoms with Gasteiger partial charge in [0.1, 0.15) is 5.75 Å². The SMILES string of the molecule is CCC(CO)(CO)COc1ccc(N)cc1. The van der Waals surface area contributed by atoms with Crippen molar-refractivity contribution in [1.82, 2.24) is 0 Å². The molecule has 0 spiro atoms. The molecule has 0 aliphatic heterocycles. The normalized spacial score (nSPS) is 11.4. The molecule has 4 nitrogen and oxygen atoms in total. The van der Waals surface area contributed by atoms with Gasteiger partial charge in [-0.25, -0.2) is 0 Å². The van der Waals surface area contributed by atoms with E-state index in [-0.39, 0.29) is 13.2 Å². The largest absolute Gasteiger partial charge is 0.493 e. The molecule has 0 saturated heterocycles. The van der Waals surface area contributed by atoms with Crippen LogP contribution >= 0.6 is 0 Å². The second kappa shape index (κ2) is 5.72. The monoisotopic (exact) mass is 225 g/mol. The van der Waals surface area contributed by atoms with Crippen LogP contribution in [0.15, 0.2) is 24.3 Å². The Balaban J connectivity index is 2.58. The molecule has 1 aromatic rings. The Labute approximate surface area is 95.7 Å². The first kappa shape index (κ1) is 12.8. The first-order valence-electron chi connectivity index (χ1n) is 5.36. The molecular formula is C12H19NO3. The number of hydrogen-bond donors (Lipinski definition) is 3. The summed E-state index contributed by atoms with van der Waals surface area (Å²) in [6, 6.07) is 7.04. The zero-order valence-corrected chi connectivity index (χ0v) is 9.52. The summed E-state index contributed by atoms with van der Waals surface area (Å²) in [4.78, 5) is 0. The van der Waals surface area contributed by atoms with Crippen molar-refractivity contribution in [3.05, 3.63) is 24.3 Å². The Morgan fingerprint density at radius 3 is 2.19 bits per heavy atom. The summed E-state index contributed by atoms with van der Waals surface area (Å²) in [5.74, 6) is 0.689. The van der Waals surface area contributed by atoms with Crippen molar-refractivity contribution >= 4 is 5.69 Å². The molecule has 0 bridgehead atoms. The van der Waals surface area contributed by atoms with Gasteiger partial charge in [-0.05, 0) is 30.7 Å². The molecule has 0 amide bonds. The second-order valence-corrected chi connectivity index (χ2v) is 4.03. The van der Waals surface area contributed by atoms with Crippen molar-refractivity contribution in [2.75, 3.05) is 25.6 Å². The van der Waals surface area contributed by atoms with E-state index in [2.05, 4.69) is 0 Å². The smallest absolute Gasteiger partial charge is 0.119 e. The highest BCUT2D eigenvalue weighted by Crippen LogP contribution is 2.23. The van der Waals surface area contributed by atoms with Crippen molar-refractivity contribution in [2.24, 2.45) is 5.41 Å². The molecule has 0 unspecified atom stereocenters. The summed E-state index contributed by atoms with van der Waals surface area (Å²) < 4.78 is 5.52. The molecule has 0 aliphatic carbocycles. The Kier molecular flexibility index (Phi) is 4.58. The maximum absolute atomic E-state index is 9.24. The highest BCUT2D eigenvalue weighted by Gasteiger charge is 2.27. The van der Waals surface area contributed by atoms with E-state index in [9.17, 15) is 10.2 Å². The van der Waals surface area contributed by atoms with E-state index in [1.165, 1.54) is 0 Å². The van der Waals surface area contributed by atoms with Crippen LogP contribution < -0.4 is 10.5 Å². The van der Waals surface area contributed by atoms with Crippen LogP contribution in [-0.2, 0) is 0 Å². The number of benzene rings is 1. The van der Waals surface area contributed by atoms with E-state index in [1.807, 2.05) is 6.92 Å². The van der Waals surface area contributed by atoms with Crippen LogP contribution in [0.3, 0.4) is 0 Å². The fraction of sp³-hybridized carbons (Fsp3) is 0.500. The quantitative estimate of drug-likeness (QED) is 0.632. The minimum Gasteiger partial charge on any atom is -0.493 e. The third-order valence-electron chi connectivity index (χ3n) is 2.85. The van der Waals surface area contributed by atoms with Crippen LogP contribution in [0.25, 0.3) is 0 Å². The first-order chi connectivity index (χ1) is 7.65. The van der Waals surface area contributed by atoms with Crippen LogP contribution in [-0.4, -0.2) is 30.0 Å². The fourth-order valence-corrected chi connectivity index (χ4v) is 1.27. The summed E-state index contributed by atoms with van der Waals surface area (Å²) in [5, 5.41) is 18.5. The Morgan fingerprint density at radius 2 is 1.75 bits per heavy atom. The molecule has 1 aromatic carbocycles. The second-order valence-electron chi connectivity index (χ2n) is 4.03. The molecule has 16 heavy (non-hydrogen) atoms. The van der Waals surface area contributed by atoms with Crippen LogP contribution in [0.2, 0.25) is 0 Å². The average molecular weight is 225 g/mol. The molecular weight excluding hydrogens is 206 g/mol. The van der Waals surface area contributed by atoms with E-state index in [0.717, 1.165) is 0 Å². The van der Waals surface area contributed by atoms with Gasteiger partial charge in [0.2, 0.25) is 0 Å². The molecule has 4 N–H and O–H groups in total. The third-order valence-corrected chi connectivity index (χ3v) is 2.85. The molecule has 0 atom stereocenters. The van der Waals surface area contributed by atoms with Gasteiger partial charge in [-0.1, -0.05) is 6.92 Å². The predicted octanol–water partition coefficient (Wildman–Crippen LogP) is 1.03. The lowest BCUT2D eigenvalue weighted by molar-refractivity contribution is 0.0114. The summed E-state index contributed by atoms with van der Waals surface area (Å²) in [5.41, 5.74) is 5.66. The van der Waals surface area contributed by atoms with Crippen molar-refractivity contribution in [2.45, 2.75) is 13.3 Å². The van der Waals surface area contributed by atoms with Gasteiger partial charge in [-0.2, -0.15) is 0 Å². The summed E-state index contributed by atoms with van der Waals surface area (Å²) in [7, 11) is 0. The van der Waals surface area contributed by atoms with Gasteiger partial charge in [0.25, 0.3) is 0 Å². The van der Waals surface area contributed by atoms with Gasteiger partial charge in [0.15, 0.2) is 0 Å². The lowest BCUT2D eigenvalue weighted by atomic mass is 9.88. The molecule has 0 saturated carbocycles. The number of nitrogen functional groups attached to an aromatic ring is 1. The number of rotatable bonds is 6. The lowest BCUT2D eigenvalue weighted by Crippen LogP contribution is -2.35. The predicted molar refractivity (Wildman–Crippen MR) is 63.2 cm³/mol. The lowest BCUT2D eigenvalue weighted by Gasteiger charge is -2.28. The number of aliphatic hydroxyl groups is 2. The van der Waals surface area contributed by atoms with E-state index < -0.39 is 5.41 Å². The van der Waals surface area contributed by atoms with E-state index in [4.69, 9.17) is 10.5 Å². The summed E-state index contributed by atoms with van der Waals surface area (Å²) in [6.07, 6.45) is 0.662. The molecule has 90 valence electrons. The topological polar surface area (TPSA) is 75.7 Å². The Morgan fingerprint density at radius 1 is 1.19 bits per heavy atom. The summed E-state index contributed by atoms with van der Waals surface area (Å²) >= 11 is 0. The van der Waals surface area contributed by atoms with Crippen LogP contribution in [0.4, 0.5) is 5.69 Å².